The smallest absolute Gasteiger partial charge is 0.234 e. The summed E-state index contributed by atoms with van der Waals surface area (Å²) in [5.74, 6) is -0.131. The van der Waals surface area contributed by atoms with Crippen molar-refractivity contribution in [3.63, 3.8) is 0 Å². The highest BCUT2D eigenvalue weighted by molar-refractivity contribution is 7.09. The SMILES string of the molecule is CN(CC(=O)NCCc1cccs1)CC(=O)NC(C)(C)C. The Kier molecular flexibility index (Phi) is 6.84. The molecule has 6 heteroatoms. The quantitative estimate of drug-likeness (QED) is 0.797. The number of hydrogen-bond donors (Lipinski definition) is 2. The first-order valence-electron chi connectivity index (χ1n) is 7.05. The van der Waals surface area contributed by atoms with E-state index in [0.717, 1.165) is 6.42 Å². The molecule has 0 saturated carbocycles. The number of amides is 2. The third-order valence-electron chi connectivity index (χ3n) is 2.62. The van der Waals surface area contributed by atoms with Crippen molar-refractivity contribution in [2.75, 3.05) is 26.7 Å². The molecule has 2 amide bonds. The highest BCUT2D eigenvalue weighted by Crippen LogP contribution is 2.07. The molecule has 5 nitrogen and oxygen atoms in total. The molecule has 1 aromatic heterocycles. The van der Waals surface area contributed by atoms with Crippen molar-refractivity contribution < 1.29 is 9.59 Å². The van der Waals surface area contributed by atoms with Crippen LogP contribution in [0.2, 0.25) is 0 Å². The Labute approximate surface area is 130 Å². The lowest BCUT2D eigenvalue weighted by Crippen LogP contribution is -2.46. The Morgan fingerprint density at radius 3 is 2.48 bits per heavy atom. The topological polar surface area (TPSA) is 61.4 Å². The zero-order valence-electron chi connectivity index (χ0n) is 13.2. The van der Waals surface area contributed by atoms with Gasteiger partial charge in [-0.3, -0.25) is 14.5 Å². The maximum absolute atomic E-state index is 11.8. The molecular formula is C15H25N3O2S. The molecule has 0 atom stereocenters. The van der Waals surface area contributed by atoms with Crippen molar-refractivity contribution in [1.82, 2.24) is 15.5 Å². The minimum absolute atomic E-state index is 0.0578. The van der Waals surface area contributed by atoms with Gasteiger partial charge in [-0.15, -0.1) is 11.3 Å². The molecule has 0 aliphatic rings. The van der Waals surface area contributed by atoms with Crippen molar-refractivity contribution in [3.8, 4) is 0 Å². The third-order valence-corrected chi connectivity index (χ3v) is 3.55. The summed E-state index contributed by atoms with van der Waals surface area (Å²) < 4.78 is 0. The van der Waals surface area contributed by atoms with Gasteiger partial charge in [0.05, 0.1) is 13.1 Å². The van der Waals surface area contributed by atoms with Gasteiger partial charge in [-0.25, -0.2) is 0 Å². The Morgan fingerprint density at radius 2 is 1.90 bits per heavy atom. The van der Waals surface area contributed by atoms with Crippen LogP contribution in [0.4, 0.5) is 0 Å². The molecule has 0 saturated heterocycles. The van der Waals surface area contributed by atoms with Gasteiger partial charge in [0, 0.05) is 17.0 Å². The fourth-order valence-corrected chi connectivity index (χ4v) is 2.55. The van der Waals surface area contributed by atoms with Gasteiger partial charge in [0.15, 0.2) is 0 Å². The lowest BCUT2D eigenvalue weighted by molar-refractivity contribution is -0.125. The first kappa shape index (κ1) is 17.7. The standard InChI is InChI=1S/C15H25N3O2S/c1-15(2,3)17-14(20)11-18(4)10-13(19)16-8-7-12-6-5-9-21-12/h5-6,9H,7-8,10-11H2,1-4H3,(H,16,19)(H,17,20). The highest BCUT2D eigenvalue weighted by Gasteiger charge is 2.16. The van der Waals surface area contributed by atoms with Gasteiger partial charge in [-0.2, -0.15) is 0 Å². The van der Waals surface area contributed by atoms with Crippen LogP contribution in [0.3, 0.4) is 0 Å². The summed E-state index contributed by atoms with van der Waals surface area (Å²) in [4.78, 5) is 26.5. The number of carbonyl (C=O) groups is 2. The van der Waals surface area contributed by atoms with Crippen LogP contribution in [0.1, 0.15) is 25.6 Å². The number of nitrogens with one attached hydrogen (secondary N) is 2. The summed E-state index contributed by atoms with van der Waals surface area (Å²) in [5, 5.41) is 7.77. The summed E-state index contributed by atoms with van der Waals surface area (Å²) in [6.45, 7) is 6.87. The van der Waals surface area contributed by atoms with E-state index in [1.54, 1.807) is 23.3 Å². The van der Waals surface area contributed by atoms with Gasteiger partial charge in [-0.05, 0) is 45.7 Å². The van der Waals surface area contributed by atoms with Crippen LogP contribution in [0.15, 0.2) is 17.5 Å². The maximum atomic E-state index is 11.8. The number of likely N-dealkylation sites (N-methyl/N-ethyl adjacent to an activating group) is 1. The minimum atomic E-state index is -0.249. The summed E-state index contributed by atoms with van der Waals surface area (Å²) in [6.07, 6.45) is 0.845. The fraction of sp³-hybridized carbons (Fsp3) is 0.600. The molecule has 0 bridgehead atoms. The predicted octanol–water partition coefficient (Wildman–Crippen LogP) is 1.25. The van der Waals surface area contributed by atoms with Crippen molar-refractivity contribution in [2.45, 2.75) is 32.7 Å². The second-order valence-electron chi connectivity index (χ2n) is 6.15. The van der Waals surface area contributed by atoms with E-state index in [1.807, 2.05) is 32.2 Å². The lowest BCUT2D eigenvalue weighted by atomic mass is 10.1. The first-order chi connectivity index (χ1) is 9.76. The summed E-state index contributed by atoms with van der Waals surface area (Å²) in [6, 6.07) is 4.06. The van der Waals surface area contributed by atoms with Crippen molar-refractivity contribution in [2.24, 2.45) is 0 Å². The average molecular weight is 311 g/mol. The molecule has 0 aliphatic heterocycles. The molecule has 0 fully saturated rings. The predicted molar refractivity (Wildman–Crippen MR) is 86.4 cm³/mol. The summed E-state index contributed by atoms with van der Waals surface area (Å²) >= 11 is 1.69. The van der Waals surface area contributed by atoms with E-state index < -0.39 is 0 Å². The largest absolute Gasteiger partial charge is 0.355 e. The second kappa shape index (κ2) is 8.14. The molecule has 118 valence electrons. The maximum Gasteiger partial charge on any atom is 0.234 e. The minimum Gasteiger partial charge on any atom is -0.355 e. The van der Waals surface area contributed by atoms with E-state index in [2.05, 4.69) is 16.7 Å². The van der Waals surface area contributed by atoms with Crippen LogP contribution < -0.4 is 10.6 Å². The van der Waals surface area contributed by atoms with E-state index in [9.17, 15) is 9.59 Å². The van der Waals surface area contributed by atoms with Crippen molar-refractivity contribution in [1.29, 1.82) is 0 Å². The number of thiophene rings is 1. The van der Waals surface area contributed by atoms with Gasteiger partial charge >= 0.3 is 0 Å². The number of hydrogen-bond acceptors (Lipinski definition) is 4. The molecule has 0 spiro atoms. The molecule has 0 aromatic carbocycles. The van der Waals surface area contributed by atoms with Crippen molar-refractivity contribution in [3.05, 3.63) is 22.4 Å². The molecule has 0 radical (unpaired) electrons. The fourth-order valence-electron chi connectivity index (χ4n) is 1.84. The van der Waals surface area contributed by atoms with E-state index >= 15 is 0 Å². The second-order valence-corrected chi connectivity index (χ2v) is 7.18. The van der Waals surface area contributed by atoms with Crippen LogP contribution in [-0.4, -0.2) is 48.9 Å². The summed E-state index contributed by atoms with van der Waals surface area (Å²) in [5.41, 5.74) is -0.249. The monoisotopic (exact) mass is 311 g/mol. The van der Waals surface area contributed by atoms with E-state index in [1.165, 1.54) is 4.88 Å². The van der Waals surface area contributed by atoms with Crippen LogP contribution in [0, 0.1) is 0 Å². The third kappa shape index (κ3) is 8.47. The van der Waals surface area contributed by atoms with Gasteiger partial charge in [-0.1, -0.05) is 6.07 Å². The Morgan fingerprint density at radius 1 is 1.24 bits per heavy atom. The first-order valence-corrected chi connectivity index (χ1v) is 7.93. The lowest BCUT2D eigenvalue weighted by Gasteiger charge is -2.23. The molecule has 1 aromatic rings. The number of carbonyl (C=O) groups excluding carboxylic acids is 2. The Bertz CT molecular complexity index is 452. The zero-order chi connectivity index (χ0) is 15.9. The molecule has 0 unspecified atom stereocenters. The molecule has 1 rings (SSSR count). The Hall–Kier alpha value is -1.40. The van der Waals surface area contributed by atoms with E-state index in [-0.39, 0.29) is 30.4 Å². The van der Waals surface area contributed by atoms with Gasteiger partial charge in [0.1, 0.15) is 0 Å². The zero-order valence-corrected chi connectivity index (χ0v) is 14.0. The molecule has 0 aliphatic carbocycles. The Balaban J connectivity index is 2.19. The van der Waals surface area contributed by atoms with Crippen LogP contribution >= 0.6 is 11.3 Å². The summed E-state index contributed by atoms with van der Waals surface area (Å²) in [7, 11) is 1.76. The number of nitrogens with zero attached hydrogens (tertiary/aromatic N) is 1. The number of rotatable bonds is 7. The van der Waals surface area contributed by atoms with Crippen LogP contribution in [0.25, 0.3) is 0 Å². The van der Waals surface area contributed by atoms with Crippen LogP contribution in [-0.2, 0) is 16.0 Å². The van der Waals surface area contributed by atoms with E-state index in [4.69, 9.17) is 0 Å². The van der Waals surface area contributed by atoms with E-state index in [0.29, 0.717) is 6.54 Å². The highest BCUT2D eigenvalue weighted by atomic mass is 32.1. The molecule has 21 heavy (non-hydrogen) atoms. The molecule has 1 heterocycles. The van der Waals surface area contributed by atoms with Gasteiger partial charge < -0.3 is 10.6 Å². The van der Waals surface area contributed by atoms with Crippen LogP contribution in [0.5, 0.6) is 0 Å². The van der Waals surface area contributed by atoms with Gasteiger partial charge in [0.2, 0.25) is 11.8 Å². The average Bonchev–Trinajstić information content (AvgIpc) is 2.78. The van der Waals surface area contributed by atoms with Crippen molar-refractivity contribution >= 4 is 23.2 Å². The molecule has 2 N–H and O–H groups in total. The van der Waals surface area contributed by atoms with Gasteiger partial charge in [0.25, 0.3) is 0 Å². The molecular weight excluding hydrogens is 286 g/mol. The normalized spacial score (nSPS) is 11.5.